The summed E-state index contributed by atoms with van der Waals surface area (Å²) >= 11 is 10.2. The van der Waals surface area contributed by atoms with Gasteiger partial charge in [0.1, 0.15) is 0 Å². The Balaban J connectivity index is 2.01. The Morgan fingerprint density at radius 2 is 1.34 bits per heavy atom. The number of hydrogen-bond donors (Lipinski definition) is 2. The highest BCUT2D eigenvalue weighted by Gasteiger charge is 2.43. The number of hydrazone groups is 1. The van der Waals surface area contributed by atoms with Crippen molar-refractivity contribution in [3.8, 4) is 0 Å². The van der Waals surface area contributed by atoms with Gasteiger partial charge in [0.05, 0.1) is 0 Å². The molecule has 0 heterocycles. The van der Waals surface area contributed by atoms with Crippen LogP contribution in [0.5, 0.6) is 0 Å². The Hall–Kier alpha value is -3.12. The van der Waals surface area contributed by atoms with Crippen molar-refractivity contribution in [3.63, 3.8) is 0 Å². The minimum atomic E-state index is -1.02. The molecule has 32 heavy (non-hydrogen) atoms. The third-order valence-electron chi connectivity index (χ3n) is 5.33. The minimum absolute atomic E-state index is 0.289. The molecule has 0 saturated carbocycles. The molecule has 4 nitrogen and oxygen atoms in total. The van der Waals surface area contributed by atoms with Crippen LogP contribution in [0.2, 0.25) is 5.02 Å². The third kappa shape index (κ3) is 4.15. The fourth-order valence-electron chi connectivity index (χ4n) is 3.88. The molecule has 0 unspecified atom stereocenters. The first-order chi connectivity index (χ1) is 15.5. The molecule has 0 aliphatic carbocycles. The molecule has 0 aromatic heterocycles. The molecule has 0 aliphatic rings. The fourth-order valence-corrected chi connectivity index (χ4v) is 4.55. The van der Waals surface area contributed by atoms with Gasteiger partial charge < -0.3 is 5.73 Å². The summed E-state index contributed by atoms with van der Waals surface area (Å²) in [5, 5.41) is 6.64. The first kappa shape index (κ1) is 22.1. The summed E-state index contributed by atoms with van der Waals surface area (Å²) in [6, 6.07) is 35.1. The van der Waals surface area contributed by atoms with E-state index in [1.54, 1.807) is 0 Å². The molecule has 0 atom stereocenters. The molecule has 0 radical (unpaired) electrons. The normalized spacial score (nSPS) is 11.9. The lowest BCUT2D eigenvalue weighted by Crippen LogP contribution is -2.50. The first-order valence-electron chi connectivity index (χ1n) is 10.0. The number of nitrogens with two attached hydrogens (primary N) is 2. The van der Waals surface area contributed by atoms with Crippen molar-refractivity contribution in [1.82, 2.24) is 5.12 Å². The monoisotopic (exact) mass is 504 g/mol. The predicted octanol–water partition coefficient (Wildman–Crippen LogP) is 5.89. The van der Waals surface area contributed by atoms with Crippen LogP contribution in [-0.2, 0) is 5.54 Å². The third-order valence-corrected chi connectivity index (χ3v) is 6.15. The summed E-state index contributed by atoms with van der Waals surface area (Å²) in [4.78, 5) is 0. The second kappa shape index (κ2) is 9.57. The number of amidine groups is 1. The Labute approximate surface area is 201 Å². The lowest BCUT2D eigenvalue weighted by molar-refractivity contribution is 0.167. The molecule has 160 valence electrons. The number of halogens is 2. The maximum absolute atomic E-state index is 6.79. The summed E-state index contributed by atoms with van der Waals surface area (Å²) in [6.45, 7) is 0. The highest BCUT2D eigenvalue weighted by Crippen LogP contribution is 2.43. The van der Waals surface area contributed by atoms with Crippen molar-refractivity contribution in [2.24, 2.45) is 16.7 Å². The molecule has 0 aliphatic heterocycles. The second-order valence-corrected chi connectivity index (χ2v) is 8.59. The van der Waals surface area contributed by atoms with Crippen LogP contribution < -0.4 is 11.6 Å². The van der Waals surface area contributed by atoms with Gasteiger partial charge in [0.15, 0.2) is 11.4 Å². The van der Waals surface area contributed by atoms with Crippen LogP contribution in [0.25, 0.3) is 0 Å². The van der Waals surface area contributed by atoms with Crippen molar-refractivity contribution in [3.05, 3.63) is 141 Å². The summed E-state index contributed by atoms with van der Waals surface area (Å²) in [5.74, 6) is 7.08. The van der Waals surface area contributed by atoms with Crippen LogP contribution in [0.1, 0.15) is 22.3 Å². The zero-order chi connectivity index (χ0) is 22.6. The summed E-state index contributed by atoms with van der Waals surface area (Å²) in [5.41, 5.74) is 8.76. The molecule has 0 fully saturated rings. The molecule has 0 amide bonds. The van der Waals surface area contributed by atoms with Crippen LogP contribution >= 0.6 is 27.5 Å². The van der Waals surface area contributed by atoms with E-state index in [0.717, 1.165) is 26.7 Å². The van der Waals surface area contributed by atoms with Gasteiger partial charge in [-0.2, -0.15) is 0 Å². The van der Waals surface area contributed by atoms with Gasteiger partial charge in [-0.3, -0.25) is 0 Å². The van der Waals surface area contributed by atoms with Gasteiger partial charge in [0.25, 0.3) is 0 Å². The van der Waals surface area contributed by atoms with E-state index < -0.39 is 5.54 Å². The second-order valence-electron chi connectivity index (χ2n) is 7.26. The maximum atomic E-state index is 6.79. The molecule has 4 aromatic carbocycles. The summed E-state index contributed by atoms with van der Waals surface area (Å²) in [7, 11) is 0. The molecule has 4 aromatic rings. The average Bonchev–Trinajstić information content (AvgIpc) is 2.82. The zero-order valence-corrected chi connectivity index (χ0v) is 19.5. The Kier molecular flexibility index (Phi) is 6.61. The smallest absolute Gasteiger partial charge is 0.152 e. The maximum Gasteiger partial charge on any atom is 0.152 e. The molecule has 6 heteroatoms. The van der Waals surface area contributed by atoms with Gasteiger partial charge in [-0.1, -0.05) is 119 Å². The zero-order valence-electron chi connectivity index (χ0n) is 17.2. The lowest BCUT2D eigenvalue weighted by Gasteiger charge is -2.41. The number of hydrogen-bond acceptors (Lipinski definition) is 3. The number of benzene rings is 4. The van der Waals surface area contributed by atoms with Crippen LogP contribution in [-0.4, -0.2) is 11.0 Å². The van der Waals surface area contributed by atoms with Crippen molar-refractivity contribution in [2.45, 2.75) is 5.54 Å². The Morgan fingerprint density at radius 1 is 0.781 bits per heavy atom. The topological polar surface area (TPSA) is 67.6 Å². The van der Waals surface area contributed by atoms with Gasteiger partial charge in [-0.15, -0.1) is 5.10 Å². The SMILES string of the molecule is N/C(=N\N(N)C(c1ccccc1)(c1ccccc1)c1ccccc1Cl)c1cccc(Br)c1. The van der Waals surface area contributed by atoms with Crippen LogP contribution in [0.4, 0.5) is 0 Å². The standard InChI is InChI=1S/C26H22BrClN4/c27-22-15-9-10-19(18-22)25(29)31-32(30)26(20-11-3-1-4-12-20,21-13-5-2-6-14-21)23-16-7-8-17-24(23)28/h1-18H,30H2,(H2,29,31). The minimum Gasteiger partial charge on any atom is -0.382 e. The van der Waals surface area contributed by atoms with E-state index in [1.807, 2.05) is 109 Å². The van der Waals surface area contributed by atoms with Crippen molar-refractivity contribution < 1.29 is 0 Å². The highest BCUT2D eigenvalue weighted by atomic mass is 79.9. The van der Waals surface area contributed by atoms with Crippen LogP contribution in [0.15, 0.2) is 119 Å². The van der Waals surface area contributed by atoms with Crippen LogP contribution in [0.3, 0.4) is 0 Å². The van der Waals surface area contributed by atoms with Crippen molar-refractivity contribution in [1.29, 1.82) is 0 Å². The first-order valence-corrected chi connectivity index (χ1v) is 11.2. The molecule has 0 saturated heterocycles. The Morgan fingerprint density at radius 3 is 1.91 bits per heavy atom. The van der Waals surface area contributed by atoms with Crippen molar-refractivity contribution >= 4 is 33.4 Å². The quantitative estimate of drug-likeness (QED) is 0.113. The summed E-state index contributed by atoms with van der Waals surface area (Å²) < 4.78 is 0.903. The van der Waals surface area contributed by atoms with Gasteiger partial charge in [0.2, 0.25) is 0 Å². The van der Waals surface area contributed by atoms with Gasteiger partial charge in [0, 0.05) is 20.6 Å². The van der Waals surface area contributed by atoms with E-state index in [4.69, 9.17) is 23.2 Å². The van der Waals surface area contributed by atoms with Gasteiger partial charge in [-0.25, -0.2) is 11.0 Å². The molecule has 0 spiro atoms. The highest BCUT2D eigenvalue weighted by molar-refractivity contribution is 9.10. The summed E-state index contributed by atoms with van der Waals surface area (Å²) in [6.07, 6.45) is 0. The lowest BCUT2D eigenvalue weighted by atomic mass is 9.77. The largest absolute Gasteiger partial charge is 0.382 e. The van der Waals surface area contributed by atoms with E-state index in [0.29, 0.717) is 5.02 Å². The van der Waals surface area contributed by atoms with E-state index in [9.17, 15) is 0 Å². The molecule has 4 N–H and O–H groups in total. The molecular formula is C26H22BrClN4. The van der Waals surface area contributed by atoms with E-state index in [-0.39, 0.29) is 5.84 Å². The molecule has 0 bridgehead atoms. The average molecular weight is 506 g/mol. The van der Waals surface area contributed by atoms with E-state index >= 15 is 0 Å². The van der Waals surface area contributed by atoms with Gasteiger partial charge >= 0.3 is 0 Å². The predicted molar refractivity (Wildman–Crippen MR) is 135 cm³/mol. The van der Waals surface area contributed by atoms with E-state index in [2.05, 4.69) is 21.0 Å². The van der Waals surface area contributed by atoms with Crippen LogP contribution in [0, 0.1) is 0 Å². The fraction of sp³-hybridized carbons (Fsp3) is 0.0385. The number of rotatable bonds is 6. The number of hydrazine groups is 1. The van der Waals surface area contributed by atoms with Crippen molar-refractivity contribution in [2.75, 3.05) is 0 Å². The number of nitrogens with zero attached hydrogens (tertiary/aromatic N) is 2. The van der Waals surface area contributed by atoms with E-state index in [1.165, 1.54) is 5.12 Å². The molecular weight excluding hydrogens is 484 g/mol. The van der Waals surface area contributed by atoms with Gasteiger partial charge in [-0.05, 0) is 29.3 Å². The Bertz CT molecular complexity index is 1190. The molecule has 4 rings (SSSR count).